The molecule has 3 nitrogen and oxygen atoms in total. The largest absolute Gasteiger partial charge is 0.381 e. The lowest BCUT2D eigenvalue weighted by molar-refractivity contribution is 0.00167. The van der Waals surface area contributed by atoms with E-state index >= 15 is 0 Å². The summed E-state index contributed by atoms with van der Waals surface area (Å²) in [6.45, 7) is 9.43. The number of ether oxygens (including phenoxy) is 2. The topological polar surface area (TPSA) is 30.5 Å². The summed E-state index contributed by atoms with van der Waals surface area (Å²) in [5.74, 6) is 0.820. The highest BCUT2D eigenvalue weighted by Gasteiger charge is 2.25. The second-order valence-corrected chi connectivity index (χ2v) is 5.71. The first-order valence-corrected chi connectivity index (χ1v) is 6.93. The highest BCUT2D eigenvalue weighted by molar-refractivity contribution is 4.81. The summed E-state index contributed by atoms with van der Waals surface area (Å²) >= 11 is 0. The van der Waals surface area contributed by atoms with Crippen molar-refractivity contribution in [2.75, 3.05) is 26.9 Å². The molecule has 0 spiro atoms. The SMILES string of the molecule is CCNC(CC1CCOCC1)CC(C)(C)OC. The normalized spacial score (nSPS) is 20.5. The van der Waals surface area contributed by atoms with Crippen LogP contribution in [0.4, 0.5) is 0 Å². The molecule has 0 amide bonds. The van der Waals surface area contributed by atoms with Gasteiger partial charge in [0.05, 0.1) is 5.60 Å². The Morgan fingerprint density at radius 2 is 2.00 bits per heavy atom. The Kier molecular flexibility index (Phi) is 6.45. The van der Waals surface area contributed by atoms with Crippen LogP contribution in [0.3, 0.4) is 0 Å². The third-order valence-corrected chi connectivity index (χ3v) is 3.74. The molecule has 1 aliphatic rings. The number of rotatable bonds is 7. The minimum atomic E-state index is -0.0298. The lowest BCUT2D eigenvalue weighted by atomic mass is 9.87. The molecule has 0 saturated carbocycles. The standard InChI is InChI=1S/C14H29NO2/c1-5-15-13(11-14(2,3)16-4)10-12-6-8-17-9-7-12/h12-13,15H,5-11H2,1-4H3. The summed E-state index contributed by atoms with van der Waals surface area (Å²) in [5.41, 5.74) is -0.0298. The van der Waals surface area contributed by atoms with E-state index < -0.39 is 0 Å². The molecule has 0 aromatic carbocycles. The molecule has 1 unspecified atom stereocenters. The van der Waals surface area contributed by atoms with Crippen molar-refractivity contribution < 1.29 is 9.47 Å². The van der Waals surface area contributed by atoms with E-state index in [0.717, 1.165) is 32.1 Å². The maximum atomic E-state index is 5.54. The lowest BCUT2D eigenvalue weighted by Gasteiger charge is -2.32. The molecule has 0 aromatic heterocycles. The van der Waals surface area contributed by atoms with Crippen molar-refractivity contribution in [2.24, 2.45) is 5.92 Å². The Balaban J connectivity index is 2.41. The highest BCUT2D eigenvalue weighted by Crippen LogP contribution is 2.25. The summed E-state index contributed by atoms with van der Waals surface area (Å²) < 4.78 is 11.0. The molecule has 1 saturated heterocycles. The van der Waals surface area contributed by atoms with Crippen molar-refractivity contribution in [3.05, 3.63) is 0 Å². The van der Waals surface area contributed by atoms with Crippen LogP contribution in [0.25, 0.3) is 0 Å². The van der Waals surface area contributed by atoms with Gasteiger partial charge in [0, 0.05) is 26.4 Å². The zero-order chi connectivity index (χ0) is 12.7. The second kappa shape index (κ2) is 7.34. The van der Waals surface area contributed by atoms with Crippen molar-refractivity contribution in [1.29, 1.82) is 0 Å². The molecule has 0 radical (unpaired) electrons. The Labute approximate surface area is 106 Å². The molecule has 1 aliphatic heterocycles. The molecule has 1 N–H and O–H groups in total. The van der Waals surface area contributed by atoms with E-state index in [0.29, 0.717) is 6.04 Å². The number of methoxy groups -OCH3 is 1. The first-order chi connectivity index (χ1) is 8.07. The summed E-state index contributed by atoms with van der Waals surface area (Å²) in [6, 6.07) is 0.568. The van der Waals surface area contributed by atoms with Crippen LogP contribution in [0, 0.1) is 5.92 Å². The van der Waals surface area contributed by atoms with Crippen molar-refractivity contribution in [3.8, 4) is 0 Å². The van der Waals surface area contributed by atoms with Crippen molar-refractivity contribution in [3.63, 3.8) is 0 Å². The number of hydrogen-bond donors (Lipinski definition) is 1. The third kappa shape index (κ3) is 5.84. The predicted molar refractivity (Wildman–Crippen MR) is 71.3 cm³/mol. The van der Waals surface area contributed by atoms with Gasteiger partial charge >= 0.3 is 0 Å². The number of hydrogen-bond acceptors (Lipinski definition) is 3. The molecule has 0 bridgehead atoms. The Bertz CT molecular complexity index is 200. The van der Waals surface area contributed by atoms with Crippen LogP contribution < -0.4 is 5.32 Å². The van der Waals surface area contributed by atoms with E-state index in [-0.39, 0.29) is 5.60 Å². The van der Waals surface area contributed by atoms with E-state index in [1.165, 1.54) is 19.3 Å². The fourth-order valence-corrected chi connectivity index (χ4v) is 2.59. The van der Waals surface area contributed by atoms with Gasteiger partial charge in [0.15, 0.2) is 0 Å². The Morgan fingerprint density at radius 1 is 1.35 bits per heavy atom. The Hall–Kier alpha value is -0.120. The van der Waals surface area contributed by atoms with Gasteiger partial charge in [0.1, 0.15) is 0 Å². The van der Waals surface area contributed by atoms with Crippen LogP contribution in [0.2, 0.25) is 0 Å². The molecule has 0 aromatic rings. The summed E-state index contributed by atoms with van der Waals surface area (Å²) in [5, 5.41) is 3.60. The highest BCUT2D eigenvalue weighted by atomic mass is 16.5. The van der Waals surface area contributed by atoms with Gasteiger partial charge in [-0.25, -0.2) is 0 Å². The van der Waals surface area contributed by atoms with Crippen LogP contribution in [0.5, 0.6) is 0 Å². The molecule has 102 valence electrons. The van der Waals surface area contributed by atoms with Gasteiger partial charge in [-0.05, 0) is 52.0 Å². The summed E-state index contributed by atoms with van der Waals surface area (Å²) in [6.07, 6.45) is 4.77. The fourth-order valence-electron chi connectivity index (χ4n) is 2.59. The number of nitrogens with one attached hydrogen (secondary N) is 1. The Morgan fingerprint density at radius 3 is 2.53 bits per heavy atom. The first-order valence-electron chi connectivity index (χ1n) is 6.93. The van der Waals surface area contributed by atoms with Gasteiger partial charge in [-0.15, -0.1) is 0 Å². The van der Waals surface area contributed by atoms with E-state index in [9.17, 15) is 0 Å². The summed E-state index contributed by atoms with van der Waals surface area (Å²) in [7, 11) is 1.80. The first kappa shape index (κ1) is 14.9. The average molecular weight is 243 g/mol. The quantitative estimate of drug-likeness (QED) is 0.745. The van der Waals surface area contributed by atoms with Crippen LogP contribution in [-0.4, -0.2) is 38.5 Å². The zero-order valence-corrected chi connectivity index (χ0v) is 11.9. The molecule has 0 aliphatic carbocycles. The minimum absolute atomic E-state index is 0.0298. The van der Waals surface area contributed by atoms with Crippen molar-refractivity contribution in [1.82, 2.24) is 5.32 Å². The smallest absolute Gasteiger partial charge is 0.0637 e. The molecule has 1 fully saturated rings. The van der Waals surface area contributed by atoms with Gasteiger partial charge < -0.3 is 14.8 Å². The second-order valence-electron chi connectivity index (χ2n) is 5.71. The molecule has 3 heteroatoms. The van der Waals surface area contributed by atoms with Crippen LogP contribution in [-0.2, 0) is 9.47 Å². The fraction of sp³-hybridized carbons (Fsp3) is 1.00. The minimum Gasteiger partial charge on any atom is -0.381 e. The van der Waals surface area contributed by atoms with Crippen LogP contribution >= 0.6 is 0 Å². The van der Waals surface area contributed by atoms with E-state index in [2.05, 4.69) is 26.1 Å². The molecule has 1 heterocycles. The van der Waals surface area contributed by atoms with E-state index in [1.54, 1.807) is 7.11 Å². The molecular weight excluding hydrogens is 214 g/mol. The van der Waals surface area contributed by atoms with Gasteiger partial charge in [-0.1, -0.05) is 6.92 Å². The average Bonchev–Trinajstić information content (AvgIpc) is 2.30. The monoisotopic (exact) mass is 243 g/mol. The van der Waals surface area contributed by atoms with Gasteiger partial charge in [-0.3, -0.25) is 0 Å². The molecule has 1 rings (SSSR count). The molecular formula is C14H29NO2. The van der Waals surface area contributed by atoms with Gasteiger partial charge in [-0.2, -0.15) is 0 Å². The molecule has 17 heavy (non-hydrogen) atoms. The van der Waals surface area contributed by atoms with E-state index in [1.807, 2.05) is 0 Å². The van der Waals surface area contributed by atoms with Crippen molar-refractivity contribution in [2.45, 2.75) is 58.1 Å². The van der Waals surface area contributed by atoms with Gasteiger partial charge in [0.25, 0.3) is 0 Å². The molecule has 1 atom stereocenters. The maximum absolute atomic E-state index is 5.54. The van der Waals surface area contributed by atoms with Crippen LogP contribution in [0.1, 0.15) is 46.5 Å². The predicted octanol–water partition coefficient (Wildman–Crippen LogP) is 2.60. The zero-order valence-electron chi connectivity index (χ0n) is 11.9. The van der Waals surface area contributed by atoms with E-state index in [4.69, 9.17) is 9.47 Å². The van der Waals surface area contributed by atoms with Gasteiger partial charge in [0.2, 0.25) is 0 Å². The van der Waals surface area contributed by atoms with Crippen LogP contribution in [0.15, 0.2) is 0 Å². The third-order valence-electron chi connectivity index (χ3n) is 3.74. The maximum Gasteiger partial charge on any atom is 0.0637 e. The lowest BCUT2D eigenvalue weighted by Crippen LogP contribution is -2.39. The summed E-state index contributed by atoms with van der Waals surface area (Å²) in [4.78, 5) is 0. The van der Waals surface area contributed by atoms with Crippen molar-refractivity contribution >= 4 is 0 Å².